The third kappa shape index (κ3) is 3.47. The fourth-order valence-electron chi connectivity index (χ4n) is 2.30. The van der Waals surface area contributed by atoms with Gasteiger partial charge in [0, 0.05) is 32.6 Å². The van der Waals surface area contributed by atoms with Crippen LogP contribution in [0.1, 0.15) is 32.6 Å². The minimum atomic E-state index is 0.123. The fourth-order valence-corrected chi connectivity index (χ4v) is 2.30. The number of nitrogens with zero attached hydrogens (tertiary/aromatic N) is 1. The number of carbonyl (C=O) groups is 1. The largest absolute Gasteiger partial charge is 0.395 e. The molecule has 4 heteroatoms. The van der Waals surface area contributed by atoms with Gasteiger partial charge in [-0.25, -0.2) is 0 Å². The van der Waals surface area contributed by atoms with Gasteiger partial charge in [0.1, 0.15) is 0 Å². The zero-order valence-electron chi connectivity index (χ0n) is 9.70. The molecule has 1 aliphatic carbocycles. The Morgan fingerprint density at radius 1 is 1.47 bits per heavy atom. The number of amides is 1. The van der Waals surface area contributed by atoms with Crippen molar-refractivity contribution in [2.24, 2.45) is 0 Å². The highest BCUT2D eigenvalue weighted by Gasteiger charge is 2.28. The molecule has 0 aromatic heterocycles. The minimum absolute atomic E-state index is 0.123. The van der Waals surface area contributed by atoms with Gasteiger partial charge in [-0.2, -0.15) is 0 Å². The van der Waals surface area contributed by atoms with Crippen molar-refractivity contribution in [3.63, 3.8) is 0 Å². The Kier molecular flexibility index (Phi) is 5.05. The van der Waals surface area contributed by atoms with Gasteiger partial charge in [0.05, 0.1) is 6.61 Å². The maximum absolute atomic E-state index is 11.3. The molecule has 0 saturated heterocycles. The van der Waals surface area contributed by atoms with E-state index in [1.807, 2.05) is 11.9 Å². The van der Waals surface area contributed by atoms with Crippen LogP contribution in [0.25, 0.3) is 0 Å². The van der Waals surface area contributed by atoms with Gasteiger partial charge in [0.2, 0.25) is 5.91 Å². The summed E-state index contributed by atoms with van der Waals surface area (Å²) in [5, 5.41) is 12.1. The van der Waals surface area contributed by atoms with Crippen LogP contribution in [0.4, 0.5) is 0 Å². The van der Waals surface area contributed by atoms with Gasteiger partial charge in [0.15, 0.2) is 0 Å². The lowest BCUT2D eigenvalue weighted by atomic mass is 9.89. The molecule has 0 aromatic rings. The molecular weight excluding hydrogens is 192 g/mol. The van der Waals surface area contributed by atoms with E-state index in [-0.39, 0.29) is 12.5 Å². The Morgan fingerprint density at radius 3 is 2.73 bits per heavy atom. The van der Waals surface area contributed by atoms with Gasteiger partial charge < -0.3 is 15.3 Å². The first-order valence-electron chi connectivity index (χ1n) is 5.74. The van der Waals surface area contributed by atoms with Crippen molar-refractivity contribution >= 4 is 5.91 Å². The van der Waals surface area contributed by atoms with E-state index in [2.05, 4.69) is 5.32 Å². The van der Waals surface area contributed by atoms with Crippen molar-refractivity contribution in [3.05, 3.63) is 0 Å². The molecule has 1 amide bonds. The van der Waals surface area contributed by atoms with Gasteiger partial charge in [-0.3, -0.25) is 4.79 Å². The monoisotopic (exact) mass is 214 g/mol. The van der Waals surface area contributed by atoms with Crippen molar-refractivity contribution in [1.29, 1.82) is 0 Å². The highest BCUT2D eigenvalue weighted by atomic mass is 16.3. The topological polar surface area (TPSA) is 52.6 Å². The number of likely N-dealkylation sites (N-methyl/N-ethyl adjacent to an activating group) is 1. The molecule has 0 spiro atoms. The SMILES string of the molecule is CC(=O)N(C)[C@H]1CCCC[C@@H]1NCCO. The molecule has 0 bridgehead atoms. The highest BCUT2D eigenvalue weighted by Crippen LogP contribution is 2.22. The zero-order chi connectivity index (χ0) is 11.3. The molecule has 2 N–H and O–H groups in total. The highest BCUT2D eigenvalue weighted by molar-refractivity contribution is 5.73. The molecule has 4 nitrogen and oxygen atoms in total. The first kappa shape index (κ1) is 12.5. The number of carbonyl (C=O) groups excluding carboxylic acids is 1. The standard InChI is InChI=1S/C11H22N2O2/c1-9(15)13(2)11-6-4-3-5-10(11)12-7-8-14/h10-12,14H,3-8H2,1-2H3/t10-,11-/m0/s1. The van der Waals surface area contributed by atoms with E-state index in [0.717, 1.165) is 12.8 Å². The van der Waals surface area contributed by atoms with Crippen molar-refractivity contribution in [1.82, 2.24) is 10.2 Å². The number of rotatable bonds is 4. The summed E-state index contributed by atoms with van der Waals surface area (Å²) in [5.41, 5.74) is 0. The first-order valence-corrected chi connectivity index (χ1v) is 5.74. The molecule has 1 saturated carbocycles. The number of nitrogens with one attached hydrogen (secondary N) is 1. The van der Waals surface area contributed by atoms with Crippen LogP contribution < -0.4 is 5.32 Å². The third-order valence-electron chi connectivity index (χ3n) is 3.24. The molecule has 0 unspecified atom stereocenters. The van der Waals surface area contributed by atoms with E-state index >= 15 is 0 Å². The Labute approximate surface area is 91.6 Å². The van der Waals surface area contributed by atoms with Gasteiger partial charge in [0.25, 0.3) is 0 Å². The Morgan fingerprint density at radius 2 is 2.13 bits per heavy atom. The Bertz CT molecular complexity index is 209. The van der Waals surface area contributed by atoms with E-state index in [0.29, 0.717) is 18.6 Å². The predicted molar refractivity (Wildman–Crippen MR) is 59.6 cm³/mol. The van der Waals surface area contributed by atoms with Crippen LogP contribution in [0, 0.1) is 0 Å². The van der Waals surface area contributed by atoms with Crippen molar-refractivity contribution < 1.29 is 9.90 Å². The Balaban J connectivity index is 2.52. The Hall–Kier alpha value is -0.610. The van der Waals surface area contributed by atoms with Crippen LogP contribution >= 0.6 is 0 Å². The van der Waals surface area contributed by atoms with Crippen molar-refractivity contribution in [2.45, 2.75) is 44.7 Å². The first-order chi connectivity index (χ1) is 7.16. The van der Waals surface area contributed by atoms with Crippen LogP contribution in [-0.2, 0) is 4.79 Å². The normalized spacial score (nSPS) is 26.3. The van der Waals surface area contributed by atoms with E-state index in [1.165, 1.54) is 12.8 Å². The predicted octanol–water partition coefficient (Wildman–Crippen LogP) is 0.358. The molecule has 1 aliphatic rings. The van der Waals surface area contributed by atoms with Gasteiger partial charge >= 0.3 is 0 Å². The summed E-state index contributed by atoms with van der Waals surface area (Å²) >= 11 is 0. The summed E-state index contributed by atoms with van der Waals surface area (Å²) in [4.78, 5) is 13.1. The summed E-state index contributed by atoms with van der Waals surface area (Å²) < 4.78 is 0. The lowest BCUT2D eigenvalue weighted by Crippen LogP contribution is -2.52. The summed E-state index contributed by atoms with van der Waals surface area (Å²) in [5.74, 6) is 0.123. The van der Waals surface area contributed by atoms with Gasteiger partial charge in [-0.05, 0) is 12.8 Å². The maximum Gasteiger partial charge on any atom is 0.219 e. The van der Waals surface area contributed by atoms with Crippen LogP contribution in [0.5, 0.6) is 0 Å². The molecule has 0 heterocycles. The maximum atomic E-state index is 11.3. The smallest absolute Gasteiger partial charge is 0.219 e. The minimum Gasteiger partial charge on any atom is -0.395 e. The van der Waals surface area contributed by atoms with E-state index < -0.39 is 0 Å². The van der Waals surface area contributed by atoms with Crippen molar-refractivity contribution in [3.8, 4) is 0 Å². The second-order valence-electron chi connectivity index (χ2n) is 4.27. The second kappa shape index (κ2) is 6.08. The van der Waals surface area contributed by atoms with E-state index in [1.54, 1.807) is 6.92 Å². The number of hydrogen-bond acceptors (Lipinski definition) is 3. The summed E-state index contributed by atoms with van der Waals surface area (Å²) in [7, 11) is 1.87. The molecular formula is C11H22N2O2. The van der Waals surface area contributed by atoms with Crippen LogP contribution in [-0.4, -0.2) is 48.2 Å². The molecule has 2 atom stereocenters. The molecule has 0 aromatic carbocycles. The average molecular weight is 214 g/mol. The number of hydrogen-bond donors (Lipinski definition) is 2. The summed E-state index contributed by atoms with van der Waals surface area (Å²) in [6.07, 6.45) is 4.58. The fraction of sp³-hybridized carbons (Fsp3) is 0.909. The van der Waals surface area contributed by atoms with E-state index in [9.17, 15) is 4.79 Å². The number of aliphatic hydroxyl groups excluding tert-OH is 1. The van der Waals surface area contributed by atoms with Crippen LogP contribution in [0.3, 0.4) is 0 Å². The van der Waals surface area contributed by atoms with Crippen LogP contribution in [0.2, 0.25) is 0 Å². The van der Waals surface area contributed by atoms with Gasteiger partial charge in [-0.15, -0.1) is 0 Å². The number of aliphatic hydroxyl groups is 1. The quantitative estimate of drug-likeness (QED) is 0.710. The van der Waals surface area contributed by atoms with Crippen molar-refractivity contribution in [2.75, 3.05) is 20.2 Å². The average Bonchev–Trinajstić information content (AvgIpc) is 2.25. The van der Waals surface area contributed by atoms with Crippen LogP contribution in [0.15, 0.2) is 0 Å². The molecule has 15 heavy (non-hydrogen) atoms. The molecule has 0 radical (unpaired) electrons. The summed E-state index contributed by atoms with van der Waals surface area (Å²) in [6, 6.07) is 0.641. The third-order valence-corrected chi connectivity index (χ3v) is 3.24. The second-order valence-corrected chi connectivity index (χ2v) is 4.27. The van der Waals surface area contributed by atoms with Gasteiger partial charge in [-0.1, -0.05) is 12.8 Å². The molecule has 1 rings (SSSR count). The van der Waals surface area contributed by atoms with E-state index in [4.69, 9.17) is 5.11 Å². The molecule has 88 valence electrons. The molecule has 1 fully saturated rings. The molecule has 0 aliphatic heterocycles. The lowest BCUT2D eigenvalue weighted by molar-refractivity contribution is -0.130. The lowest BCUT2D eigenvalue weighted by Gasteiger charge is -2.38. The zero-order valence-corrected chi connectivity index (χ0v) is 9.70. The summed E-state index contributed by atoms with van der Waals surface area (Å²) in [6.45, 7) is 2.39.